The molecule has 8 heteroatoms. The number of benzene rings is 1. The first kappa shape index (κ1) is 19.2. The van der Waals surface area contributed by atoms with Crippen LogP contribution in [0, 0.1) is 0 Å². The van der Waals surface area contributed by atoms with Gasteiger partial charge in [-0.15, -0.1) is 0 Å². The van der Waals surface area contributed by atoms with Crippen molar-refractivity contribution in [2.75, 3.05) is 12.8 Å². The summed E-state index contributed by atoms with van der Waals surface area (Å²) in [7, 11) is -3.41. The quantitative estimate of drug-likeness (QED) is 0.780. The summed E-state index contributed by atoms with van der Waals surface area (Å²) in [5.41, 5.74) is 4.97. The van der Waals surface area contributed by atoms with Crippen LogP contribution >= 0.6 is 15.9 Å². The van der Waals surface area contributed by atoms with Crippen molar-refractivity contribution in [3.8, 4) is 0 Å². The zero-order valence-electron chi connectivity index (χ0n) is 14.2. The molecule has 0 spiro atoms. The van der Waals surface area contributed by atoms with Crippen LogP contribution in [0.15, 0.2) is 28.7 Å². The van der Waals surface area contributed by atoms with E-state index in [1.165, 1.54) is 0 Å². The molecule has 1 amide bonds. The van der Waals surface area contributed by atoms with Crippen molar-refractivity contribution in [3.05, 3.63) is 34.3 Å². The lowest BCUT2D eigenvalue weighted by molar-refractivity contribution is 0.0497. The van der Waals surface area contributed by atoms with E-state index < -0.39 is 38.2 Å². The molecule has 0 radical (unpaired) electrons. The number of nitrogens with two attached hydrogens (primary N) is 1. The Balaban J connectivity index is 2.34. The smallest absolute Gasteiger partial charge is 0.408 e. The van der Waals surface area contributed by atoms with E-state index in [0.29, 0.717) is 0 Å². The third-order valence-electron chi connectivity index (χ3n) is 4.02. The zero-order valence-corrected chi connectivity index (χ0v) is 16.6. The average Bonchev–Trinajstić information content (AvgIpc) is 3.06. The van der Waals surface area contributed by atoms with Crippen molar-refractivity contribution in [2.45, 2.75) is 43.1 Å². The van der Waals surface area contributed by atoms with Crippen LogP contribution in [0.4, 0.5) is 4.79 Å². The van der Waals surface area contributed by atoms with Crippen LogP contribution < -0.4 is 11.1 Å². The van der Waals surface area contributed by atoms with Crippen molar-refractivity contribution >= 4 is 31.9 Å². The number of carbonyl (C=O) groups is 1. The normalized spacial score (nSPS) is 26.8. The van der Waals surface area contributed by atoms with Gasteiger partial charge in [0, 0.05) is 23.2 Å². The second kappa shape index (κ2) is 6.31. The fourth-order valence-corrected chi connectivity index (χ4v) is 5.26. The SMILES string of the molecule is CC(C)(C)OC(=O)NC1(CN)C(c2ccc(Br)cc2)C1S(C)(=O)=O. The number of rotatable bonds is 4. The third kappa shape index (κ3) is 3.92. The van der Waals surface area contributed by atoms with E-state index in [9.17, 15) is 13.2 Å². The number of halogens is 1. The lowest BCUT2D eigenvalue weighted by atomic mass is 10.1. The number of hydrogen-bond donors (Lipinski definition) is 2. The highest BCUT2D eigenvalue weighted by atomic mass is 79.9. The Hall–Kier alpha value is -1.12. The van der Waals surface area contributed by atoms with Gasteiger partial charge in [0.25, 0.3) is 0 Å². The van der Waals surface area contributed by atoms with Crippen LogP contribution in [0.5, 0.6) is 0 Å². The Morgan fingerprint density at radius 2 is 1.88 bits per heavy atom. The highest BCUT2D eigenvalue weighted by Crippen LogP contribution is 2.55. The van der Waals surface area contributed by atoms with Gasteiger partial charge in [-0.1, -0.05) is 28.1 Å². The number of nitrogens with one attached hydrogen (secondary N) is 1. The van der Waals surface area contributed by atoms with Gasteiger partial charge >= 0.3 is 6.09 Å². The first-order chi connectivity index (χ1) is 10.9. The Morgan fingerprint density at radius 3 is 2.29 bits per heavy atom. The van der Waals surface area contributed by atoms with Crippen molar-refractivity contribution in [2.24, 2.45) is 5.73 Å². The van der Waals surface area contributed by atoms with E-state index in [4.69, 9.17) is 10.5 Å². The van der Waals surface area contributed by atoms with Crippen molar-refractivity contribution in [1.29, 1.82) is 0 Å². The first-order valence-corrected chi connectivity index (χ1v) is 10.3. The maximum atomic E-state index is 12.2. The summed E-state index contributed by atoms with van der Waals surface area (Å²) in [5.74, 6) is -0.405. The molecule has 3 N–H and O–H groups in total. The molecule has 134 valence electrons. The lowest BCUT2D eigenvalue weighted by Gasteiger charge is -2.24. The standard InChI is InChI=1S/C16H23BrN2O4S/c1-15(2,3)23-14(20)19-16(9-18)12(13(16)24(4,21)22)10-5-7-11(17)8-6-10/h5-8,12-13H,9,18H2,1-4H3,(H,19,20). The van der Waals surface area contributed by atoms with Gasteiger partial charge < -0.3 is 15.8 Å². The third-order valence-corrected chi connectivity index (χ3v) is 6.16. The van der Waals surface area contributed by atoms with E-state index in [-0.39, 0.29) is 6.54 Å². The Bertz CT molecular complexity index is 727. The molecule has 0 bridgehead atoms. The largest absolute Gasteiger partial charge is 0.444 e. The summed E-state index contributed by atoms with van der Waals surface area (Å²) < 4.78 is 30.6. The number of carbonyl (C=O) groups excluding carboxylic acids is 1. The molecule has 0 heterocycles. The van der Waals surface area contributed by atoms with Gasteiger partial charge in [0.05, 0.1) is 10.8 Å². The fourth-order valence-electron chi connectivity index (χ4n) is 3.11. The molecule has 3 atom stereocenters. The minimum atomic E-state index is -3.41. The van der Waals surface area contributed by atoms with Gasteiger partial charge in [0.2, 0.25) is 0 Å². The second-order valence-electron chi connectivity index (χ2n) is 7.15. The van der Waals surface area contributed by atoms with Gasteiger partial charge in [-0.2, -0.15) is 0 Å². The Kier molecular flexibility index (Phi) is 5.05. The summed E-state index contributed by atoms with van der Waals surface area (Å²) in [4.78, 5) is 12.2. The summed E-state index contributed by atoms with van der Waals surface area (Å²) in [6.07, 6.45) is 0.499. The van der Waals surface area contributed by atoms with Gasteiger partial charge in [-0.3, -0.25) is 0 Å². The molecule has 2 rings (SSSR count). The fraction of sp³-hybridized carbons (Fsp3) is 0.562. The van der Waals surface area contributed by atoms with E-state index in [2.05, 4.69) is 21.2 Å². The predicted molar refractivity (Wildman–Crippen MR) is 96.7 cm³/mol. The Labute approximate surface area is 151 Å². The maximum absolute atomic E-state index is 12.2. The van der Waals surface area contributed by atoms with Crippen LogP contribution in [-0.2, 0) is 14.6 Å². The van der Waals surface area contributed by atoms with E-state index in [1.54, 1.807) is 20.8 Å². The van der Waals surface area contributed by atoms with Crippen molar-refractivity contribution < 1.29 is 17.9 Å². The van der Waals surface area contributed by atoms with Gasteiger partial charge in [-0.05, 0) is 38.5 Å². The van der Waals surface area contributed by atoms with Crippen LogP contribution in [0.25, 0.3) is 0 Å². The highest BCUT2D eigenvalue weighted by molar-refractivity contribution is 9.10. The maximum Gasteiger partial charge on any atom is 0.408 e. The number of ether oxygens (including phenoxy) is 1. The van der Waals surface area contributed by atoms with E-state index in [0.717, 1.165) is 16.3 Å². The summed E-state index contributed by atoms with van der Waals surface area (Å²) in [5, 5.41) is 1.94. The number of sulfone groups is 1. The minimum Gasteiger partial charge on any atom is -0.444 e. The van der Waals surface area contributed by atoms with Gasteiger partial charge in [0.1, 0.15) is 5.60 Å². The molecule has 0 saturated heterocycles. The van der Waals surface area contributed by atoms with E-state index in [1.807, 2.05) is 24.3 Å². The summed E-state index contributed by atoms with van der Waals surface area (Å²) in [6, 6.07) is 7.34. The average molecular weight is 419 g/mol. The molecule has 6 nitrogen and oxygen atoms in total. The first-order valence-electron chi connectivity index (χ1n) is 7.56. The monoisotopic (exact) mass is 418 g/mol. The molecule has 3 unspecified atom stereocenters. The molecule has 0 aliphatic heterocycles. The van der Waals surface area contributed by atoms with Crippen LogP contribution in [0.1, 0.15) is 32.3 Å². The molecular weight excluding hydrogens is 396 g/mol. The molecule has 1 aliphatic carbocycles. The van der Waals surface area contributed by atoms with Gasteiger partial charge in [0.15, 0.2) is 9.84 Å². The zero-order chi connectivity index (χ0) is 18.3. The van der Waals surface area contributed by atoms with Crippen molar-refractivity contribution in [3.63, 3.8) is 0 Å². The summed E-state index contributed by atoms with van der Waals surface area (Å²) >= 11 is 3.36. The number of amides is 1. The highest BCUT2D eigenvalue weighted by Gasteiger charge is 2.70. The predicted octanol–water partition coefficient (Wildman–Crippen LogP) is 2.18. The molecule has 1 fully saturated rings. The second-order valence-corrected chi connectivity index (χ2v) is 10.2. The molecule has 1 aliphatic rings. The number of alkyl carbamates (subject to hydrolysis) is 1. The molecule has 24 heavy (non-hydrogen) atoms. The van der Waals surface area contributed by atoms with Crippen LogP contribution in [-0.4, -0.2) is 43.7 Å². The lowest BCUT2D eigenvalue weighted by Crippen LogP contribution is -2.48. The van der Waals surface area contributed by atoms with Crippen molar-refractivity contribution in [1.82, 2.24) is 5.32 Å². The molecule has 1 aromatic rings. The van der Waals surface area contributed by atoms with Crippen LogP contribution in [0.2, 0.25) is 0 Å². The Morgan fingerprint density at radius 1 is 1.33 bits per heavy atom. The summed E-state index contributed by atoms with van der Waals surface area (Å²) in [6.45, 7) is 5.24. The van der Waals surface area contributed by atoms with Gasteiger partial charge in [-0.25, -0.2) is 13.2 Å². The molecule has 0 aromatic heterocycles. The number of hydrogen-bond acceptors (Lipinski definition) is 5. The van der Waals surface area contributed by atoms with E-state index >= 15 is 0 Å². The topological polar surface area (TPSA) is 98.5 Å². The minimum absolute atomic E-state index is 0.00467. The molecule has 1 aromatic carbocycles. The van der Waals surface area contributed by atoms with Crippen LogP contribution in [0.3, 0.4) is 0 Å². The molecule has 1 saturated carbocycles. The molecular formula is C16H23BrN2O4S.